The molecule has 0 aliphatic carbocycles. The van der Waals surface area contributed by atoms with Gasteiger partial charge in [-0.05, 0) is 39.1 Å². The molecule has 82 valence electrons. The summed E-state index contributed by atoms with van der Waals surface area (Å²) in [4.78, 5) is 0. The quantitative estimate of drug-likeness (QED) is 0.582. The molecule has 0 fully saturated rings. The maximum Gasteiger partial charge on any atom is -0.00147 e. The lowest BCUT2D eigenvalue weighted by Gasteiger charge is -2.03. The van der Waals surface area contributed by atoms with Crippen LogP contribution in [0.5, 0.6) is 0 Å². The van der Waals surface area contributed by atoms with E-state index in [2.05, 4.69) is 65.4 Å². The summed E-state index contributed by atoms with van der Waals surface area (Å²) in [6.07, 6.45) is 0. The molecule has 0 aliphatic heterocycles. The van der Waals surface area contributed by atoms with Crippen molar-refractivity contribution in [1.82, 2.24) is 0 Å². The number of rotatable bonds is 2. The average Bonchev–Trinajstić information content (AvgIpc) is 2.94. The van der Waals surface area contributed by atoms with Crippen molar-refractivity contribution in [2.24, 2.45) is 0 Å². The monoisotopic (exact) mass is 236 g/mol. The highest BCUT2D eigenvalue weighted by molar-refractivity contribution is 7.08. The van der Waals surface area contributed by atoms with Gasteiger partial charge >= 0.3 is 0 Å². The predicted molar refractivity (Wildman–Crippen MR) is 75.2 cm³/mol. The molecule has 3 rings (SSSR count). The van der Waals surface area contributed by atoms with Crippen LogP contribution in [-0.2, 0) is 0 Å². The highest BCUT2D eigenvalue weighted by atomic mass is 32.1. The van der Waals surface area contributed by atoms with E-state index in [0.717, 1.165) is 0 Å². The molecule has 0 nitrogen and oxygen atoms in total. The van der Waals surface area contributed by atoms with Crippen LogP contribution in [0.2, 0.25) is 0 Å². The lowest BCUT2D eigenvalue weighted by molar-refractivity contribution is 1.61. The molecule has 0 atom stereocenters. The first-order chi connectivity index (χ1) is 8.43. The summed E-state index contributed by atoms with van der Waals surface area (Å²) >= 11 is 1.74. The van der Waals surface area contributed by atoms with Crippen LogP contribution in [0, 0.1) is 0 Å². The first kappa shape index (κ1) is 10.3. The summed E-state index contributed by atoms with van der Waals surface area (Å²) in [6, 6.07) is 21.4. The van der Waals surface area contributed by atoms with Crippen molar-refractivity contribution >= 4 is 11.3 Å². The zero-order valence-electron chi connectivity index (χ0n) is 9.34. The van der Waals surface area contributed by atoms with Gasteiger partial charge in [0.1, 0.15) is 0 Å². The van der Waals surface area contributed by atoms with E-state index in [1.165, 1.54) is 22.3 Å². The van der Waals surface area contributed by atoms with Gasteiger partial charge in [0.2, 0.25) is 0 Å². The maximum atomic E-state index is 2.18. The molecule has 0 saturated carbocycles. The van der Waals surface area contributed by atoms with E-state index < -0.39 is 0 Å². The fourth-order valence-electron chi connectivity index (χ4n) is 1.91. The number of hydrogen-bond donors (Lipinski definition) is 0. The molecule has 1 aromatic heterocycles. The Kier molecular flexibility index (Phi) is 2.76. The minimum Gasteiger partial charge on any atom is -0.152 e. The minimum absolute atomic E-state index is 1.27. The molecular weight excluding hydrogens is 224 g/mol. The van der Waals surface area contributed by atoms with E-state index in [1.54, 1.807) is 11.3 Å². The molecule has 1 heteroatoms. The Balaban J connectivity index is 1.96. The topological polar surface area (TPSA) is 0 Å². The number of thiophene rings is 1. The third-order valence-corrected chi connectivity index (χ3v) is 3.53. The van der Waals surface area contributed by atoms with Crippen LogP contribution in [0.15, 0.2) is 71.4 Å². The van der Waals surface area contributed by atoms with Gasteiger partial charge < -0.3 is 0 Å². The van der Waals surface area contributed by atoms with E-state index in [1.807, 2.05) is 6.07 Å². The third kappa shape index (κ3) is 2.15. The third-order valence-electron chi connectivity index (χ3n) is 2.85. The average molecular weight is 236 g/mol. The molecule has 0 saturated heterocycles. The zero-order valence-corrected chi connectivity index (χ0v) is 10.2. The van der Waals surface area contributed by atoms with Crippen LogP contribution in [0.1, 0.15) is 0 Å². The highest BCUT2D eigenvalue weighted by Gasteiger charge is 1.99. The fourth-order valence-corrected chi connectivity index (χ4v) is 2.58. The van der Waals surface area contributed by atoms with Crippen molar-refractivity contribution in [3.8, 4) is 22.3 Å². The summed E-state index contributed by atoms with van der Waals surface area (Å²) in [7, 11) is 0. The van der Waals surface area contributed by atoms with E-state index in [9.17, 15) is 0 Å². The van der Waals surface area contributed by atoms with Gasteiger partial charge in [-0.2, -0.15) is 11.3 Å². The van der Waals surface area contributed by atoms with Gasteiger partial charge in [-0.3, -0.25) is 0 Å². The molecular formula is C16H12S. The second kappa shape index (κ2) is 4.56. The first-order valence-electron chi connectivity index (χ1n) is 5.61. The van der Waals surface area contributed by atoms with Gasteiger partial charge in [-0.25, -0.2) is 0 Å². The molecule has 3 aromatic rings. The SMILES string of the molecule is c1ccc(-c2ccc(-c3ccsc3)cc2)cc1. The van der Waals surface area contributed by atoms with Gasteiger partial charge in [0, 0.05) is 0 Å². The zero-order chi connectivity index (χ0) is 11.5. The van der Waals surface area contributed by atoms with E-state index >= 15 is 0 Å². The van der Waals surface area contributed by atoms with Gasteiger partial charge in [0.05, 0.1) is 0 Å². The standard InChI is InChI=1S/C16H12S/c1-2-4-13(5-3-1)14-6-8-15(9-7-14)16-10-11-17-12-16/h1-12H. The van der Waals surface area contributed by atoms with Crippen molar-refractivity contribution in [3.05, 3.63) is 71.4 Å². The molecule has 0 aliphatic rings. The van der Waals surface area contributed by atoms with Crippen molar-refractivity contribution in [3.63, 3.8) is 0 Å². The van der Waals surface area contributed by atoms with Crippen LogP contribution >= 0.6 is 11.3 Å². The Morgan fingerprint density at radius 2 is 1.12 bits per heavy atom. The Bertz CT molecular complexity index is 577. The van der Waals surface area contributed by atoms with Gasteiger partial charge in [0.25, 0.3) is 0 Å². The predicted octanol–water partition coefficient (Wildman–Crippen LogP) is 5.08. The molecule has 0 radical (unpaired) electrons. The molecule has 0 spiro atoms. The molecule has 0 bridgehead atoms. The molecule has 1 heterocycles. The number of benzene rings is 2. The Morgan fingerprint density at radius 1 is 0.529 bits per heavy atom. The highest BCUT2D eigenvalue weighted by Crippen LogP contribution is 2.25. The second-order valence-electron chi connectivity index (χ2n) is 3.96. The Labute approximate surface area is 105 Å². The van der Waals surface area contributed by atoms with Crippen LogP contribution in [-0.4, -0.2) is 0 Å². The minimum atomic E-state index is 1.27. The number of hydrogen-bond acceptors (Lipinski definition) is 1. The molecule has 0 N–H and O–H groups in total. The lowest BCUT2D eigenvalue weighted by atomic mass is 10.0. The lowest BCUT2D eigenvalue weighted by Crippen LogP contribution is -1.78. The molecule has 2 aromatic carbocycles. The van der Waals surface area contributed by atoms with Crippen molar-refractivity contribution < 1.29 is 0 Å². The maximum absolute atomic E-state index is 2.18. The van der Waals surface area contributed by atoms with Crippen molar-refractivity contribution in [2.75, 3.05) is 0 Å². The van der Waals surface area contributed by atoms with E-state index in [0.29, 0.717) is 0 Å². The fraction of sp³-hybridized carbons (Fsp3) is 0. The smallest absolute Gasteiger partial charge is 0.00147 e. The van der Waals surface area contributed by atoms with Gasteiger partial charge in [-0.1, -0.05) is 54.6 Å². The summed E-state index contributed by atoms with van der Waals surface area (Å²) < 4.78 is 0. The van der Waals surface area contributed by atoms with Crippen molar-refractivity contribution in [1.29, 1.82) is 0 Å². The Hall–Kier alpha value is -1.86. The normalized spacial score (nSPS) is 10.4. The van der Waals surface area contributed by atoms with Crippen LogP contribution < -0.4 is 0 Å². The van der Waals surface area contributed by atoms with E-state index in [4.69, 9.17) is 0 Å². The molecule has 17 heavy (non-hydrogen) atoms. The summed E-state index contributed by atoms with van der Waals surface area (Å²) in [6.45, 7) is 0. The molecule has 0 amide bonds. The summed E-state index contributed by atoms with van der Waals surface area (Å²) in [5.41, 5.74) is 5.12. The van der Waals surface area contributed by atoms with Gasteiger partial charge in [0.15, 0.2) is 0 Å². The van der Waals surface area contributed by atoms with Crippen LogP contribution in [0.25, 0.3) is 22.3 Å². The first-order valence-corrected chi connectivity index (χ1v) is 6.56. The summed E-state index contributed by atoms with van der Waals surface area (Å²) in [5, 5.41) is 4.29. The largest absolute Gasteiger partial charge is 0.152 e. The summed E-state index contributed by atoms with van der Waals surface area (Å²) in [5.74, 6) is 0. The molecule has 0 unspecified atom stereocenters. The van der Waals surface area contributed by atoms with Crippen molar-refractivity contribution in [2.45, 2.75) is 0 Å². The second-order valence-corrected chi connectivity index (χ2v) is 4.74. The van der Waals surface area contributed by atoms with Crippen LogP contribution in [0.4, 0.5) is 0 Å². The van der Waals surface area contributed by atoms with Gasteiger partial charge in [-0.15, -0.1) is 0 Å². The van der Waals surface area contributed by atoms with E-state index in [-0.39, 0.29) is 0 Å². The Morgan fingerprint density at radius 3 is 1.71 bits per heavy atom. The van der Waals surface area contributed by atoms with Crippen LogP contribution in [0.3, 0.4) is 0 Å².